The molecule has 0 amide bonds. The van der Waals surface area contributed by atoms with Gasteiger partial charge < -0.3 is 14.6 Å². The monoisotopic (exact) mass is 995 g/mol. The number of allylic oxidation sites excluding steroid dienone is 22. The molecule has 0 aliphatic rings. The zero-order valence-corrected chi connectivity index (χ0v) is 46.6. The summed E-state index contributed by atoms with van der Waals surface area (Å²) in [7, 11) is 0. The molecule has 0 aliphatic heterocycles. The number of unbranched alkanes of at least 4 members (excludes halogenated alkanes) is 23. The van der Waals surface area contributed by atoms with Gasteiger partial charge in [-0.05, 0) is 109 Å². The lowest BCUT2D eigenvalue weighted by atomic mass is 10.0. The van der Waals surface area contributed by atoms with Gasteiger partial charge in [0.2, 0.25) is 0 Å². The van der Waals surface area contributed by atoms with Gasteiger partial charge >= 0.3 is 11.9 Å². The molecule has 0 spiro atoms. The summed E-state index contributed by atoms with van der Waals surface area (Å²) in [6.45, 7) is 3.91. The Balaban J connectivity index is 3.53. The van der Waals surface area contributed by atoms with Gasteiger partial charge in [0.25, 0.3) is 0 Å². The van der Waals surface area contributed by atoms with Crippen molar-refractivity contribution >= 4 is 11.9 Å². The molecule has 1 atom stereocenters. The van der Waals surface area contributed by atoms with Crippen LogP contribution in [0.1, 0.15) is 258 Å². The van der Waals surface area contributed by atoms with Gasteiger partial charge in [-0.2, -0.15) is 0 Å². The summed E-state index contributed by atoms with van der Waals surface area (Å²) in [5.74, 6) is -0.609. The van der Waals surface area contributed by atoms with Gasteiger partial charge in [0, 0.05) is 12.8 Å². The quantitative estimate of drug-likeness (QED) is 0.0373. The fraction of sp³-hybridized carbons (Fsp3) is 0.642. The number of hydrogen-bond donors (Lipinski definition) is 1. The van der Waals surface area contributed by atoms with Crippen LogP contribution in [0.5, 0.6) is 0 Å². The number of carbonyl (C=O) groups is 2. The van der Waals surface area contributed by atoms with Gasteiger partial charge in [-0.25, -0.2) is 0 Å². The van der Waals surface area contributed by atoms with Crippen LogP contribution in [0.15, 0.2) is 134 Å². The Hall–Kier alpha value is -3.96. The summed E-state index contributed by atoms with van der Waals surface area (Å²) < 4.78 is 10.7. The molecule has 0 bridgehead atoms. The molecule has 408 valence electrons. The fourth-order valence-electron chi connectivity index (χ4n) is 8.06. The highest BCUT2D eigenvalue weighted by Gasteiger charge is 2.16. The average Bonchev–Trinajstić information content (AvgIpc) is 3.38. The molecule has 0 aromatic heterocycles. The van der Waals surface area contributed by atoms with Crippen molar-refractivity contribution in [3.05, 3.63) is 134 Å². The molecule has 0 aromatic carbocycles. The Bertz CT molecular complexity index is 1500. The third-order valence-electron chi connectivity index (χ3n) is 12.4. The van der Waals surface area contributed by atoms with Crippen molar-refractivity contribution in [1.29, 1.82) is 0 Å². The smallest absolute Gasteiger partial charge is 0.306 e. The zero-order chi connectivity index (χ0) is 52.0. The molecule has 5 nitrogen and oxygen atoms in total. The van der Waals surface area contributed by atoms with Crippen LogP contribution < -0.4 is 0 Å². The van der Waals surface area contributed by atoms with E-state index in [2.05, 4.69) is 148 Å². The number of carbonyl (C=O) groups excluding carboxylic acids is 2. The molecule has 1 N–H and O–H groups in total. The predicted molar refractivity (Wildman–Crippen MR) is 315 cm³/mol. The third-order valence-corrected chi connectivity index (χ3v) is 12.4. The number of hydrogen-bond acceptors (Lipinski definition) is 5. The standard InChI is InChI=1S/C67H110O5/c1-3-5-7-9-11-13-15-17-19-21-23-25-27-29-30-31-32-33-34-35-36-38-39-41-43-45-47-49-51-53-55-57-59-61-66(69)71-64-65(63-68)72-67(70)62-60-58-56-54-52-50-48-46-44-42-40-37-28-26-24-22-20-18-16-14-12-10-8-6-4-2/h5-8,11-14,17-20,23-26,29-30,37,40,44,46,65,68H,3-4,9-10,15-16,21-22,27-28,31-36,38-39,41-43,45,47-64H2,1-2H3/b7-5-,8-6-,13-11-,14-12-,19-17-,20-18-,25-23-,26-24-,30-29-,40-37-,46-44-. The SMILES string of the molecule is CC/C=C\C/C=C\C/C=C\C/C=C\C/C=C\C/C=C\CCCCCCCCC(=O)OC(CO)COC(=O)CCCCCCCCCCCCCCCCCCC/C=C\C/C=C\C/C=C\C/C=C\C/C=C\CC. The van der Waals surface area contributed by atoms with Crippen LogP contribution in [0.3, 0.4) is 0 Å². The van der Waals surface area contributed by atoms with E-state index in [9.17, 15) is 14.7 Å². The molecule has 0 heterocycles. The van der Waals surface area contributed by atoms with Gasteiger partial charge in [-0.15, -0.1) is 0 Å². The van der Waals surface area contributed by atoms with E-state index in [0.717, 1.165) is 116 Å². The first-order valence-electron chi connectivity index (χ1n) is 29.7. The first-order valence-corrected chi connectivity index (χ1v) is 29.7. The highest BCUT2D eigenvalue weighted by Crippen LogP contribution is 2.16. The van der Waals surface area contributed by atoms with Crippen LogP contribution in [0.2, 0.25) is 0 Å². The van der Waals surface area contributed by atoms with Gasteiger partial charge in [0.1, 0.15) is 6.61 Å². The van der Waals surface area contributed by atoms with Gasteiger partial charge in [-0.3, -0.25) is 9.59 Å². The zero-order valence-electron chi connectivity index (χ0n) is 46.6. The van der Waals surface area contributed by atoms with Crippen molar-refractivity contribution in [2.75, 3.05) is 13.2 Å². The number of aliphatic hydroxyl groups excluding tert-OH is 1. The van der Waals surface area contributed by atoms with Crippen molar-refractivity contribution < 1.29 is 24.2 Å². The van der Waals surface area contributed by atoms with Crippen molar-refractivity contribution in [2.45, 2.75) is 264 Å². The van der Waals surface area contributed by atoms with E-state index in [-0.39, 0.29) is 25.2 Å². The molecular weight excluding hydrogens is 885 g/mol. The third kappa shape index (κ3) is 58.6. The minimum absolute atomic E-state index is 0.0781. The first-order chi connectivity index (χ1) is 35.6. The summed E-state index contributed by atoms with van der Waals surface area (Å²) in [4.78, 5) is 24.6. The first kappa shape index (κ1) is 68.0. The Morgan fingerprint density at radius 1 is 0.319 bits per heavy atom. The minimum Gasteiger partial charge on any atom is -0.462 e. The maximum atomic E-state index is 12.3. The maximum absolute atomic E-state index is 12.3. The van der Waals surface area contributed by atoms with Crippen LogP contribution in [0.25, 0.3) is 0 Å². The number of aliphatic hydroxyl groups is 1. The summed E-state index contributed by atoms with van der Waals surface area (Å²) in [5.41, 5.74) is 0. The molecule has 0 aromatic rings. The molecule has 0 saturated heterocycles. The molecule has 5 heteroatoms. The Morgan fingerprint density at radius 3 is 0.833 bits per heavy atom. The molecule has 0 radical (unpaired) electrons. The van der Waals surface area contributed by atoms with Crippen molar-refractivity contribution in [3.63, 3.8) is 0 Å². The second-order valence-electron chi connectivity index (χ2n) is 19.3. The summed E-state index contributed by atoms with van der Waals surface area (Å²) in [5, 5.41) is 9.67. The molecule has 0 rings (SSSR count). The highest BCUT2D eigenvalue weighted by atomic mass is 16.6. The summed E-state index contributed by atoms with van der Waals surface area (Å²) in [6.07, 6.45) is 91.4. The fourth-order valence-corrected chi connectivity index (χ4v) is 8.06. The Labute approximate surface area is 445 Å². The average molecular weight is 996 g/mol. The van der Waals surface area contributed by atoms with E-state index < -0.39 is 6.10 Å². The van der Waals surface area contributed by atoms with E-state index >= 15 is 0 Å². The van der Waals surface area contributed by atoms with E-state index in [1.54, 1.807) is 0 Å². The van der Waals surface area contributed by atoms with Crippen LogP contribution in [0.4, 0.5) is 0 Å². The van der Waals surface area contributed by atoms with E-state index in [1.807, 2.05) is 0 Å². The second-order valence-corrected chi connectivity index (χ2v) is 19.3. The van der Waals surface area contributed by atoms with Gasteiger partial charge in [0.05, 0.1) is 6.61 Å². The van der Waals surface area contributed by atoms with Crippen LogP contribution in [-0.4, -0.2) is 36.4 Å². The maximum Gasteiger partial charge on any atom is 0.306 e. The minimum atomic E-state index is -0.789. The molecule has 72 heavy (non-hydrogen) atoms. The molecular formula is C67H110O5. The highest BCUT2D eigenvalue weighted by molar-refractivity contribution is 5.70. The van der Waals surface area contributed by atoms with Gasteiger partial charge in [-0.1, -0.05) is 270 Å². The van der Waals surface area contributed by atoms with Crippen LogP contribution in [0, 0.1) is 0 Å². The van der Waals surface area contributed by atoms with Crippen molar-refractivity contribution in [2.24, 2.45) is 0 Å². The summed E-state index contributed by atoms with van der Waals surface area (Å²) in [6, 6.07) is 0. The van der Waals surface area contributed by atoms with E-state index in [4.69, 9.17) is 9.47 Å². The largest absolute Gasteiger partial charge is 0.462 e. The lowest BCUT2D eigenvalue weighted by Gasteiger charge is -2.15. The van der Waals surface area contributed by atoms with Crippen LogP contribution >= 0.6 is 0 Å². The van der Waals surface area contributed by atoms with Crippen molar-refractivity contribution in [1.82, 2.24) is 0 Å². The number of rotatable bonds is 53. The molecule has 0 fully saturated rings. The van der Waals surface area contributed by atoms with E-state index in [1.165, 1.54) is 116 Å². The molecule has 0 saturated carbocycles. The normalized spacial score (nSPS) is 13.2. The molecule has 0 aliphatic carbocycles. The van der Waals surface area contributed by atoms with Crippen LogP contribution in [-0.2, 0) is 19.1 Å². The number of esters is 2. The van der Waals surface area contributed by atoms with E-state index in [0.29, 0.717) is 12.8 Å². The van der Waals surface area contributed by atoms with Crippen molar-refractivity contribution in [3.8, 4) is 0 Å². The number of ether oxygens (including phenoxy) is 2. The second kappa shape index (κ2) is 61.3. The Morgan fingerprint density at radius 2 is 0.556 bits per heavy atom. The lowest BCUT2D eigenvalue weighted by molar-refractivity contribution is -0.161. The topological polar surface area (TPSA) is 72.8 Å². The predicted octanol–water partition coefficient (Wildman–Crippen LogP) is 20.4. The molecule has 1 unspecified atom stereocenters. The summed E-state index contributed by atoms with van der Waals surface area (Å²) >= 11 is 0. The Kier molecular flexibility index (Phi) is 58.0. The van der Waals surface area contributed by atoms with Gasteiger partial charge in [0.15, 0.2) is 6.10 Å². The lowest BCUT2D eigenvalue weighted by Crippen LogP contribution is -2.28.